The molecule has 2 rings (SSSR count). The summed E-state index contributed by atoms with van der Waals surface area (Å²) in [6.45, 7) is 1.01. The number of carbonyl (C=O) groups is 1. The van der Waals surface area contributed by atoms with Gasteiger partial charge in [-0.2, -0.15) is 0 Å². The van der Waals surface area contributed by atoms with E-state index in [9.17, 15) is 4.79 Å². The van der Waals surface area contributed by atoms with E-state index < -0.39 is 0 Å². The van der Waals surface area contributed by atoms with Gasteiger partial charge >= 0.3 is 0 Å². The van der Waals surface area contributed by atoms with E-state index in [1.807, 2.05) is 23.9 Å². The van der Waals surface area contributed by atoms with E-state index in [2.05, 4.69) is 11.4 Å². The van der Waals surface area contributed by atoms with Crippen LogP contribution in [0.15, 0.2) is 23.1 Å². The van der Waals surface area contributed by atoms with E-state index >= 15 is 0 Å². The van der Waals surface area contributed by atoms with Gasteiger partial charge in [0.15, 0.2) is 0 Å². The van der Waals surface area contributed by atoms with Gasteiger partial charge in [-0.1, -0.05) is 0 Å². The molecule has 0 bridgehead atoms. The van der Waals surface area contributed by atoms with Crippen LogP contribution in [0.4, 0.5) is 0 Å². The number of fused-ring (bicyclic) bond motifs is 1. The van der Waals surface area contributed by atoms with Crippen LogP contribution >= 0.6 is 11.8 Å². The summed E-state index contributed by atoms with van der Waals surface area (Å²) in [5, 5.41) is 2.78. The lowest BCUT2D eigenvalue weighted by Gasteiger charge is -2.15. The summed E-state index contributed by atoms with van der Waals surface area (Å²) < 4.78 is 0. The molecular formula is C12H16N2OS. The molecule has 1 aliphatic rings. The van der Waals surface area contributed by atoms with Gasteiger partial charge in [0.2, 0.25) is 0 Å². The molecular weight excluding hydrogens is 220 g/mol. The molecule has 0 aromatic heterocycles. The number of aryl methyl sites for hydroxylation is 1. The van der Waals surface area contributed by atoms with Gasteiger partial charge in [0.1, 0.15) is 0 Å². The molecule has 0 aliphatic carbocycles. The third kappa shape index (κ3) is 2.57. The molecule has 0 fully saturated rings. The Bertz CT molecular complexity index is 393. The maximum Gasteiger partial charge on any atom is 0.251 e. The van der Waals surface area contributed by atoms with Gasteiger partial charge in [0.05, 0.1) is 0 Å². The van der Waals surface area contributed by atoms with Crippen molar-refractivity contribution in [3.05, 3.63) is 29.3 Å². The fourth-order valence-electron chi connectivity index (χ4n) is 1.79. The molecule has 1 aromatic carbocycles. The van der Waals surface area contributed by atoms with Crippen molar-refractivity contribution in [1.29, 1.82) is 0 Å². The largest absolute Gasteiger partial charge is 0.351 e. The van der Waals surface area contributed by atoms with Crippen LogP contribution in [0.2, 0.25) is 0 Å². The van der Waals surface area contributed by atoms with Gasteiger partial charge in [-0.05, 0) is 42.4 Å². The molecule has 1 amide bonds. The molecule has 3 N–H and O–H groups in total. The first-order valence-corrected chi connectivity index (χ1v) is 6.54. The van der Waals surface area contributed by atoms with Gasteiger partial charge in [-0.3, -0.25) is 4.79 Å². The molecule has 86 valence electrons. The highest BCUT2D eigenvalue weighted by Gasteiger charge is 2.12. The van der Waals surface area contributed by atoms with Gasteiger partial charge < -0.3 is 11.1 Å². The summed E-state index contributed by atoms with van der Waals surface area (Å²) in [6, 6.07) is 5.95. The Morgan fingerprint density at radius 1 is 1.50 bits per heavy atom. The number of amides is 1. The number of nitrogens with two attached hydrogens (primary N) is 1. The zero-order chi connectivity index (χ0) is 11.4. The molecule has 0 atom stereocenters. The minimum absolute atomic E-state index is 0.0242. The minimum Gasteiger partial charge on any atom is -0.351 e. The van der Waals surface area contributed by atoms with Gasteiger partial charge in [0, 0.05) is 23.5 Å². The maximum absolute atomic E-state index is 11.7. The molecule has 16 heavy (non-hydrogen) atoms. The van der Waals surface area contributed by atoms with Gasteiger partial charge in [-0.25, -0.2) is 0 Å². The molecule has 0 unspecified atom stereocenters. The highest BCUT2D eigenvalue weighted by Crippen LogP contribution is 2.30. The van der Waals surface area contributed by atoms with Gasteiger partial charge in [0.25, 0.3) is 5.91 Å². The average molecular weight is 236 g/mol. The van der Waals surface area contributed by atoms with Crippen LogP contribution in [0, 0.1) is 0 Å². The van der Waals surface area contributed by atoms with E-state index in [1.54, 1.807) is 0 Å². The monoisotopic (exact) mass is 236 g/mol. The first-order chi connectivity index (χ1) is 7.81. The van der Waals surface area contributed by atoms with E-state index in [4.69, 9.17) is 5.73 Å². The van der Waals surface area contributed by atoms with Crippen LogP contribution in [0.1, 0.15) is 22.3 Å². The zero-order valence-corrected chi connectivity index (χ0v) is 9.98. The third-order valence-corrected chi connectivity index (χ3v) is 3.80. The number of thioether (sulfide) groups is 1. The lowest BCUT2D eigenvalue weighted by Crippen LogP contribution is -2.29. The summed E-state index contributed by atoms with van der Waals surface area (Å²) in [7, 11) is 0. The van der Waals surface area contributed by atoms with Crippen LogP contribution in [0.3, 0.4) is 0 Å². The first kappa shape index (κ1) is 11.5. The molecule has 0 saturated carbocycles. The fourth-order valence-corrected chi connectivity index (χ4v) is 2.81. The maximum atomic E-state index is 11.7. The molecule has 0 radical (unpaired) electrons. The van der Waals surface area contributed by atoms with E-state index in [0.29, 0.717) is 13.1 Å². The molecule has 0 spiro atoms. The van der Waals surface area contributed by atoms with Crippen molar-refractivity contribution in [1.82, 2.24) is 5.32 Å². The number of carbonyl (C=O) groups excluding carboxylic acids is 1. The molecule has 0 saturated heterocycles. The molecule has 3 nitrogen and oxygen atoms in total. The smallest absolute Gasteiger partial charge is 0.251 e. The van der Waals surface area contributed by atoms with E-state index in [0.717, 1.165) is 12.0 Å². The first-order valence-electron chi connectivity index (χ1n) is 5.55. The van der Waals surface area contributed by atoms with Crippen molar-refractivity contribution >= 4 is 17.7 Å². The van der Waals surface area contributed by atoms with Crippen LogP contribution < -0.4 is 11.1 Å². The number of hydrogen-bond donors (Lipinski definition) is 2. The van der Waals surface area contributed by atoms with Crippen molar-refractivity contribution in [3.63, 3.8) is 0 Å². The Kier molecular flexibility index (Phi) is 3.85. The summed E-state index contributed by atoms with van der Waals surface area (Å²) in [4.78, 5) is 13.0. The molecule has 4 heteroatoms. The van der Waals surface area contributed by atoms with Crippen molar-refractivity contribution in [2.24, 2.45) is 5.73 Å². The van der Waals surface area contributed by atoms with Crippen LogP contribution in [-0.2, 0) is 6.42 Å². The Balaban J connectivity index is 2.13. The van der Waals surface area contributed by atoms with E-state index in [1.165, 1.54) is 22.6 Å². The normalized spacial score (nSPS) is 14.3. The molecule has 1 aliphatic heterocycles. The highest BCUT2D eigenvalue weighted by molar-refractivity contribution is 7.99. The summed E-state index contributed by atoms with van der Waals surface area (Å²) in [6.07, 6.45) is 2.28. The van der Waals surface area contributed by atoms with Crippen LogP contribution in [0.25, 0.3) is 0 Å². The van der Waals surface area contributed by atoms with Gasteiger partial charge in [-0.15, -0.1) is 11.8 Å². The lowest BCUT2D eigenvalue weighted by atomic mass is 10.1. The predicted molar refractivity (Wildman–Crippen MR) is 66.9 cm³/mol. The second kappa shape index (κ2) is 5.37. The van der Waals surface area contributed by atoms with Crippen molar-refractivity contribution in [3.8, 4) is 0 Å². The molecule has 1 aromatic rings. The zero-order valence-electron chi connectivity index (χ0n) is 9.16. The summed E-state index contributed by atoms with van der Waals surface area (Å²) >= 11 is 1.88. The SMILES string of the molecule is NCCNC(=O)c1ccc2c(c1)CCCS2. The second-order valence-corrected chi connectivity index (χ2v) is 4.96. The third-order valence-electron chi connectivity index (χ3n) is 2.60. The number of benzene rings is 1. The lowest BCUT2D eigenvalue weighted by molar-refractivity contribution is 0.0954. The van der Waals surface area contributed by atoms with Crippen LogP contribution in [0.5, 0.6) is 0 Å². The minimum atomic E-state index is -0.0242. The van der Waals surface area contributed by atoms with E-state index in [-0.39, 0.29) is 5.91 Å². The Labute approximate surface area is 99.8 Å². The molecule has 1 heterocycles. The van der Waals surface area contributed by atoms with Crippen LogP contribution in [-0.4, -0.2) is 24.7 Å². The van der Waals surface area contributed by atoms with Crippen molar-refractivity contribution in [2.45, 2.75) is 17.7 Å². The number of rotatable bonds is 3. The quantitative estimate of drug-likeness (QED) is 0.834. The topological polar surface area (TPSA) is 55.1 Å². The standard InChI is InChI=1S/C12H16N2OS/c13-5-6-14-12(15)10-3-4-11-9(8-10)2-1-7-16-11/h3-4,8H,1-2,5-7,13H2,(H,14,15). The predicted octanol–water partition coefficient (Wildman–Crippen LogP) is 1.41. The summed E-state index contributed by atoms with van der Waals surface area (Å²) in [5.74, 6) is 1.16. The summed E-state index contributed by atoms with van der Waals surface area (Å²) in [5.41, 5.74) is 7.40. The average Bonchev–Trinajstić information content (AvgIpc) is 2.35. The highest BCUT2D eigenvalue weighted by atomic mass is 32.2. The van der Waals surface area contributed by atoms with Crippen molar-refractivity contribution < 1.29 is 4.79 Å². The van der Waals surface area contributed by atoms with Crippen molar-refractivity contribution in [2.75, 3.05) is 18.8 Å². The Hall–Kier alpha value is -1.00. The second-order valence-electron chi connectivity index (χ2n) is 3.82. The number of nitrogens with one attached hydrogen (secondary N) is 1. The Morgan fingerprint density at radius 3 is 3.19 bits per heavy atom. The Morgan fingerprint density at radius 2 is 2.38 bits per heavy atom. The number of hydrogen-bond acceptors (Lipinski definition) is 3. The fraction of sp³-hybridized carbons (Fsp3) is 0.417.